The zero-order valence-electron chi connectivity index (χ0n) is 8.22. The Bertz CT molecular complexity index is 429. The van der Waals surface area contributed by atoms with E-state index in [2.05, 4.69) is 8.37 Å². The van der Waals surface area contributed by atoms with Gasteiger partial charge in [-0.25, -0.2) is 0 Å². The monoisotopic (exact) mass is 304 g/mol. The van der Waals surface area contributed by atoms with Crippen LogP contribution in [0.15, 0.2) is 0 Å². The van der Waals surface area contributed by atoms with Crippen LogP contribution in [0.5, 0.6) is 0 Å². The van der Waals surface area contributed by atoms with Gasteiger partial charge in [-0.2, -0.15) is 34.4 Å². The number of hydrogen-bond donors (Lipinski definition) is 0. The van der Waals surface area contributed by atoms with Crippen molar-refractivity contribution in [3.8, 4) is 0 Å². The van der Waals surface area contributed by atoms with E-state index in [4.69, 9.17) is 0 Å². The van der Waals surface area contributed by atoms with E-state index in [-0.39, 0.29) is 0 Å². The van der Waals surface area contributed by atoms with Gasteiger partial charge in [-0.05, 0) is 6.92 Å². The molecule has 0 N–H and O–H groups in total. The van der Waals surface area contributed by atoms with Gasteiger partial charge in [0.1, 0.15) is 0 Å². The van der Waals surface area contributed by atoms with E-state index < -0.39 is 44.5 Å². The Hall–Kier alpha value is -0.460. The molecule has 0 aliphatic heterocycles. The van der Waals surface area contributed by atoms with Gasteiger partial charge in [-0.15, -0.1) is 0 Å². The van der Waals surface area contributed by atoms with Crippen molar-refractivity contribution in [3.05, 3.63) is 0 Å². The fraction of sp³-hybridized carbons (Fsp3) is 1.00. The topological polar surface area (TPSA) is 86.7 Å². The molecule has 104 valence electrons. The maximum absolute atomic E-state index is 11.8. The molecule has 0 fully saturated rings. The van der Waals surface area contributed by atoms with Gasteiger partial charge in [-0.1, -0.05) is 0 Å². The predicted molar refractivity (Wildman–Crippen MR) is 46.3 cm³/mol. The molecule has 0 aliphatic carbocycles. The first-order valence-electron chi connectivity index (χ1n) is 3.85. The number of halogens is 4. The summed E-state index contributed by atoms with van der Waals surface area (Å²) in [5.74, 6) is -7.64. The molecule has 0 bridgehead atoms. The van der Waals surface area contributed by atoms with Gasteiger partial charge in [-0.3, -0.25) is 8.37 Å². The Balaban J connectivity index is 4.37. The smallest absolute Gasteiger partial charge is 0.263 e. The van der Waals surface area contributed by atoms with Crippen molar-refractivity contribution in [1.29, 1.82) is 0 Å². The SMILES string of the molecule is CC(COS(=O)(=O)C(F)F)OS(=O)(=O)C(F)F. The zero-order valence-corrected chi connectivity index (χ0v) is 9.85. The van der Waals surface area contributed by atoms with E-state index in [1.807, 2.05) is 0 Å². The zero-order chi connectivity index (χ0) is 13.9. The molecule has 17 heavy (non-hydrogen) atoms. The van der Waals surface area contributed by atoms with Crippen LogP contribution in [-0.4, -0.2) is 41.1 Å². The molecule has 0 aromatic heterocycles. The largest absolute Gasteiger partial charge is 0.361 e. The van der Waals surface area contributed by atoms with Crippen molar-refractivity contribution in [2.45, 2.75) is 24.5 Å². The molecule has 0 saturated heterocycles. The molecule has 0 aromatic rings. The maximum atomic E-state index is 11.8. The summed E-state index contributed by atoms with van der Waals surface area (Å²) in [6.07, 6.45) is -1.65. The van der Waals surface area contributed by atoms with Crippen molar-refractivity contribution < 1.29 is 42.8 Å². The highest BCUT2D eigenvalue weighted by Crippen LogP contribution is 2.12. The lowest BCUT2D eigenvalue weighted by Crippen LogP contribution is -2.27. The van der Waals surface area contributed by atoms with Gasteiger partial charge < -0.3 is 0 Å². The summed E-state index contributed by atoms with van der Waals surface area (Å²) in [6.45, 7) is -0.264. The van der Waals surface area contributed by atoms with Gasteiger partial charge >= 0.3 is 31.8 Å². The molecule has 0 aliphatic rings. The van der Waals surface area contributed by atoms with Crippen LogP contribution in [0.3, 0.4) is 0 Å². The predicted octanol–water partition coefficient (Wildman–Crippen LogP) is 0.513. The van der Waals surface area contributed by atoms with Gasteiger partial charge in [0.15, 0.2) is 0 Å². The molecule has 0 rings (SSSR count). The quantitative estimate of drug-likeness (QED) is 0.503. The van der Waals surface area contributed by atoms with Gasteiger partial charge in [0, 0.05) is 0 Å². The average Bonchev–Trinajstić information content (AvgIpc) is 2.13. The molecule has 6 nitrogen and oxygen atoms in total. The molecular weight excluding hydrogens is 296 g/mol. The van der Waals surface area contributed by atoms with Crippen LogP contribution in [0.1, 0.15) is 6.92 Å². The summed E-state index contributed by atoms with van der Waals surface area (Å²) >= 11 is 0. The average molecular weight is 304 g/mol. The van der Waals surface area contributed by atoms with Crippen LogP contribution < -0.4 is 0 Å². The van der Waals surface area contributed by atoms with Crippen LogP contribution in [0.25, 0.3) is 0 Å². The van der Waals surface area contributed by atoms with Gasteiger partial charge in [0.05, 0.1) is 12.7 Å². The second-order valence-electron chi connectivity index (χ2n) is 2.70. The summed E-state index contributed by atoms with van der Waals surface area (Å²) < 4.78 is 96.2. The van der Waals surface area contributed by atoms with Crippen molar-refractivity contribution >= 4 is 20.2 Å². The third-order valence-electron chi connectivity index (χ3n) is 1.20. The molecule has 0 aromatic carbocycles. The third kappa shape index (κ3) is 5.61. The van der Waals surface area contributed by atoms with Crippen LogP contribution in [0.4, 0.5) is 17.6 Å². The first kappa shape index (κ1) is 16.5. The van der Waals surface area contributed by atoms with Crippen LogP contribution in [0, 0.1) is 0 Å². The summed E-state index contributed by atoms with van der Waals surface area (Å²) in [7, 11) is -10.3. The number of hydrogen-bond acceptors (Lipinski definition) is 6. The molecule has 1 atom stereocenters. The van der Waals surface area contributed by atoms with E-state index in [9.17, 15) is 34.4 Å². The minimum Gasteiger partial charge on any atom is -0.263 e. The highest BCUT2D eigenvalue weighted by Gasteiger charge is 2.30. The van der Waals surface area contributed by atoms with E-state index >= 15 is 0 Å². The Labute approximate surface area is 94.8 Å². The van der Waals surface area contributed by atoms with Crippen LogP contribution >= 0.6 is 0 Å². The molecular formula is C5H8F4O6S2. The minimum atomic E-state index is -5.18. The molecule has 0 amide bonds. The normalized spacial score (nSPS) is 15.5. The van der Waals surface area contributed by atoms with Crippen molar-refractivity contribution in [3.63, 3.8) is 0 Å². The summed E-state index contributed by atoms with van der Waals surface area (Å²) in [5, 5.41) is 0. The fourth-order valence-corrected chi connectivity index (χ4v) is 1.62. The highest BCUT2D eigenvalue weighted by atomic mass is 32.2. The standard InChI is InChI=1S/C5H8F4O6S2/c1-3(15-17(12,13)5(8)9)2-14-16(10,11)4(6)7/h3-5H,2H2,1H3. The first-order chi connectivity index (χ1) is 7.49. The summed E-state index contributed by atoms with van der Waals surface area (Å²) in [4.78, 5) is 0. The lowest BCUT2D eigenvalue weighted by molar-refractivity contribution is 0.119. The lowest BCUT2D eigenvalue weighted by atomic mass is 10.5. The molecule has 0 spiro atoms. The molecule has 1 unspecified atom stereocenters. The van der Waals surface area contributed by atoms with Gasteiger partial charge in [0.2, 0.25) is 0 Å². The highest BCUT2D eigenvalue weighted by molar-refractivity contribution is 7.87. The Morgan fingerprint density at radius 3 is 1.71 bits per heavy atom. The Kier molecular flexibility index (Phi) is 5.77. The summed E-state index contributed by atoms with van der Waals surface area (Å²) in [6, 6.07) is 0. The second-order valence-corrected chi connectivity index (χ2v) is 5.81. The fourth-order valence-electron chi connectivity index (χ4n) is 0.541. The van der Waals surface area contributed by atoms with E-state index in [0.717, 1.165) is 6.92 Å². The first-order valence-corrected chi connectivity index (χ1v) is 6.80. The van der Waals surface area contributed by atoms with Crippen LogP contribution in [-0.2, 0) is 28.6 Å². The number of rotatable bonds is 7. The van der Waals surface area contributed by atoms with Crippen LogP contribution in [0.2, 0.25) is 0 Å². The van der Waals surface area contributed by atoms with Gasteiger partial charge in [0.25, 0.3) is 0 Å². The Morgan fingerprint density at radius 1 is 0.941 bits per heavy atom. The summed E-state index contributed by atoms with van der Waals surface area (Å²) in [5.41, 5.74) is 0. The maximum Gasteiger partial charge on any atom is 0.361 e. The van der Waals surface area contributed by atoms with Crippen molar-refractivity contribution in [2.24, 2.45) is 0 Å². The molecule has 0 saturated carbocycles. The third-order valence-corrected chi connectivity index (χ3v) is 3.14. The molecule has 0 heterocycles. The Morgan fingerprint density at radius 2 is 1.35 bits per heavy atom. The van der Waals surface area contributed by atoms with Crippen molar-refractivity contribution in [1.82, 2.24) is 0 Å². The minimum absolute atomic E-state index is 0.862. The second kappa shape index (κ2) is 5.93. The number of alkyl halides is 4. The lowest BCUT2D eigenvalue weighted by Gasteiger charge is -2.12. The van der Waals surface area contributed by atoms with Crippen molar-refractivity contribution in [2.75, 3.05) is 6.61 Å². The molecule has 12 heteroatoms. The van der Waals surface area contributed by atoms with E-state index in [0.29, 0.717) is 0 Å². The molecule has 0 radical (unpaired) electrons. The van der Waals surface area contributed by atoms with E-state index in [1.54, 1.807) is 0 Å². The van der Waals surface area contributed by atoms with E-state index in [1.165, 1.54) is 0 Å².